The molecule has 0 spiro atoms. The summed E-state index contributed by atoms with van der Waals surface area (Å²) in [5.74, 6) is -1.24. The number of carbonyl (C=O) groups excluding carboxylic acids is 2. The summed E-state index contributed by atoms with van der Waals surface area (Å²) in [6, 6.07) is 5.36. The second-order valence-electron chi connectivity index (χ2n) is 5.03. The summed E-state index contributed by atoms with van der Waals surface area (Å²) >= 11 is 0. The summed E-state index contributed by atoms with van der Waals surface area (Å²) in [4.78, 5) is 23.7. The molecule has 2 amide bonds. The highest BCUT2D eigenvalue weighted by Gasteiger charge is 2.27. The Labute approximate surface area is 140 Å². The van der Waals surface area contributed by atoms with Crippen LogP contribution in [0.15, 0.2) is 24.3 Å². The van der Waals surface area contributed by atoms with Gasteiger partial charge in [-0.2, -0.15) is 0 Å². The van der Waals surface area contributed by atoms with Gasteiger partial charge in [0.1, 0.15) is 11.9 Å². The van der Waals surface area contributed by atoms with E-state index >= 15 is 0 Å². The first-order chi connectivity index (χ1) is 10.6. The summed E-state index contributed by atoms with van der Waals surface area (Å²) in [7, 11) is 0. The molecule has 1 aromatic carbocycles. The lowest BCUT2D eigenvalue weighted by Gasteiger charge is -2.29. The van der Waals surface area contributed by atoms with Crippen LogP contribution in [0.2, 0.25) is 0 Å². The molecule has 23 heavy (non-hydrogen) atoms. The van der Waals surface area contributed by atoms with Gasteiger partial charge in [0.25, 0.3) is 5.91 Å². The van der Waals surface area contributed by atoms with E-state index < -0.39 is 17.8 Å². The van der Waals surface area contributed by atoms with Crippen molar-refractivity contribution < 1.29 is 18.7 Å². The fourth-order valence-corrected chi connectivity index (χ4v) is 2.24. The Morgan fingerprint density at radius 2 is 2.00 bits per heavy atom. The lowest BCUT2D eigenvalue weighted by Crippen LogP contribution is -2.56. The van der Waals surface area contributed by atoms with E-state index in [0.717, 1.165) is 0 Å². The number of ether oxygens (including phenoxy) is 1. The SMILES string of the molecule is C[C@H]1OCCN[C@@H]1C(=O)NCCNC(=O)c1ccccc1F.Cl. The van der Waals surface area contributed by atoms with Gasteiger partial charge >= 0.3 is 0 Å². The van der Waals surface area contributed by atoms with Crippen LogP contribution in [0, 0.1) is 5.82 Å². The van der Waals surface area contributed by atoms with Crippen LogP contribution < -0.4 is 16.0 Å². The zero-order valence-corrected chi connectivity index (χ0v) is 13.6. The molecule has 1 fully saturated rings. The Hall–Kier alpha value is -1.70. The molecule has 1 aliphatic rings. The number of rotatable bonds is 5. The molecule has 0 aliphatic carbocycles. The third-order valence-corrected chi connectivity index (χ3v) is 3.43. The van der Waals surface area contributed by atoms with E-state index in [-0.39, 0.29) is 43.1 Å². The summed E-state index contributed by atoms with van der Waals surface area (Å²) in [5.41, 5.74) is -0.00945. The second-order valence-corrected chi connectivity index (χ2v) is 5.03. The van der Waals surface area contributed by atoms with Gasteiger partial charge in [-0.15, -0.1) is 12.4 Å². The number of halogens is 2. The van der Waals surface area contributed by atoms with Gasteiger partial charge in [-0.25, -0.2) is 4.39 Å². The van der Waals surface area contributed by atoms with E-state index in [9.17, 15) is 14.0 Å². The number of benzene rings is 1. The molecule has 2 atom stereocenters. The average Bonchev–Trinajstić information content (AvgIpc) is 2.52. The summed E-state index contributed by atoms with van der Waals surface area (Å²) in [6.07, 6.45) is -0.193. The minimum atomic E-state index is -0.568. The molecular formula is C15H21ClFN3O3. The van der Waals surface area contributed by atoms with Crippen LogP contribution >= 0.6 is 12.4 Å². The molecule has 0 aromatic heterocycles. The monoisotopic (exact) mass is 345 g/mol. The highest BCUT2D eigenvalue weighted by atomic mass is 35.5. The molecule has 2 rings (SSSR count). The van der Waals surface area contributed by atoms with Crippen molar-refractivity contribution in [2.24, 2.45) is 0 Å². The quantitative estimate of drug-likeness (QED) is 0.678. The highest BCUT2D eigenvalue weighted by Crippen LogP contribution is 2.05. The van der Waals surface area contributed by atoms with E-state index in [1.165, 1.54) is 18.2 Å². The summed E-state index contributed by atoms with van der Waals surface area (Å²) in [6.45, 7) is 3.54. The van der Waals surface area contributed by atoms with E-state index in [2.05, 4.69) is 16.0 Å². The maximum atomic E-state index is 13.4. The first-order valence-electron chi connectivity index (χ1n) is 7.25. The normalized spacial score (nSPS) is 20.3. The van der Waals surface area contributed by atoms with Gasteiger partial charge in [-0.05, 0) is 19.1 Å². The molecule has 1 saturated heterocycles. The molecule has 0 saturated carbocycles. The Balaban J connectivity index is 0.00000264. The summed E-state index contributed by atoms with van der Waals surface area (Å²) < 4.78 is 18.8. The number of morpholine rings is 1. The Morgan fingerprint density at radius 1 is 1.30 bits per heavy atom. The number of hydrogen-bond acceptors (Lipinski definition) is 4. The number of amides is 2. The lowest BCUT2D eigenvalue weighted by atomic mass is 10.1. The Kier molecular flexibility index (Phi) is 7.94. The lowest BCUT2D eigenvalue weighted by molar-refractivity contribution is -0.128. The van der Waals surface area contributed by atoms with Crippen molar-refractivity contribution in [1.29, 1.82) is 0 Å². The number of carbonyl (C=O) groups is 2. The molecule has 128 valence electrons. The number of hydrogen-bond donors (Lipinski definition) is 3. The van der Waals surface area contributed by atoms with Gasteiger partial charge in [0.05, 0.1) is 18.3 Å². The molecule has 1 aliphatic heterocycles. The van der Waals surface area contributed by atoms with Crippen LogP contribution in [-0.2, 0) is 9.53 Å². The highest BCUT2D eigenvalue weighted by molar-refractivity contribution is 5.94. The smallest absolute Gasteiger partial charge is 0.254 e. The molecule has 0 radical (unpaired) electrons. The second kappa shape index (κ2) is 9.44. The predicted molar refractivity (Wildman–Crippen MR) is 86.2 cm³/mol. The maximum absolute atomic E-state index is 13.4. The van der Waals surface area contributed by atoms with E-state index in [4.69, 9.17) is 4.74 Å². The van der Waals surface area contributed by atoms with Crippen molar-refractivity contribution in [3.63, 3.8) is 0 Å². The maximum Gasteiger partial charge on any atom is 0.254 e. The first kappa shape index (κ1) is 19.3. The van der Waals surface area contributed by atoms with Crippen LogP contribution in [-0.4, -0.2) is 50.2 Å². The largest absolute Gasteiger partial charge is 0.375 e. The van der Waals surface area contributed by atoms with Gasteiger partial charge in [0.15, 0.2) is 0 Å². The minimum Gasteiger partial charge on any atom is -0.375 e. The first-order valence-corrected chi connectivity index (χ1v) is 7.25. The van der Waals surface area contributed by atoms with Crippen molar-refractivity contribution in [1.82, 2.24) is 16.0 Å². The Morgan fingerprint density at radius 3 is 2.70 bits per heavy atom. The predicted octanol–water partition coefficient (Wildman–Crippen LogP) is 0.470. The van der Waals surface area contributed by atoms with Gasteiger partial charge < -0.3 is 20.7 Å². The molecular weight excluding hydrogens is 325 g/mol. The fraction of sp³-hybridized carbons (Fsp3) is 0.467. The molecule has 8 heteroatoms. The molecule has 6 nitrogen and oxygen atoms in total. The minimum absolute atomic E-state index is 0. The fourth-order valence-electron chi connectivity index (χ4n) is 2.24. The van der Waals surface area contributed by atoms with Crippen molar-refractivity contribution in [2.75, 3.05) is 26.2 Å². The molecule has 1 heterocycles. The standard InChI is InChI=1S/C15H20FN3O3.ClH/c1-10-13(17-8-9-22-10)15(21)19-7-6-18-14(20)11-4-2-3-5-12(11)16;/h2-5,10,13,17H,6-9H2,1H3,(H,18,20)(H,19,21);1H/t10-,13+;/m1./s1. The third kappa shape index (κ3) is 5.46. The van der Waals surface area contributed by atoms with Crippen LogP contribution in [0.25, 0.3) is 0 Å². The van der Waals surface area contributed by atoms with Crippen LogP contribution in [0.3, 0.4) is 0 Å². The Bertz CT molecular complexity index is 544. The molecule has 0 bridgehead atoms. The average molecular weight is 346 g/mol. The topological polar surface area (TPSA) is 79.5 Å². The van der Waals surface area contributed by atoms with Crippen molar-refractivity contribution in [3.05, 3.63) is 35.6 Å². The summed E-state index contributed by atoms with van der Waals surface area (Å²) in [5, 5.41) is 8.36. The third-order valence-electron chi connectivity index (χ3n) is 3.43. The van der Waals surface area contributed by atoms with Gasteiger partial charge in [-0.3, -0.25) is 9.59 Å². The van der Waals surface area contributed by atoms with Gasteiger partial charge in [0, 0.05) is 19.6 Å². The van der Waals surface area contributed by atoms with E-state index in [1.54, 1.807) is 6.07 Å². The zero-order chi connectivity index (χ0) is 15.9. The van der Waals surface area contributed by atoms with Crippen molar-refractivity contribution in [2.45, 2.75) is 19.1 Å². The van der Waals surface area contributed by atoms with Gasteiger partial charge in [0.2, 0.25) is 5.91 Å². The van der Waals surface area contributed by atoms with E-state index in [0.29, 0.717) is 13.2 Å². The number of nitrogens with one attached hydrogen (secondary N) is 3. The van der Waals surface area contributed by atoms with Crippen LogP contribution in [0.4, 0.5) is 4.39 Å². The van der Waals surface area contributed by atoms with Gasteiger partial charge in [-0.1, -0.05) is 12.1 Å². The molecule has 0 unspecified atom stereocenters. The van der Waals surface area contributed by atoms with Crippen LogP contribution in [0.5, 0.6) is 0 Å². The zero-order valence-electron chi connectivity index (χ0n) is 12.8. The molecule has 3 N–H and O–H groups in total. The van der Waals surface area contributed by atoms with E-state index in [1.807, 2.05) is 6.92 Å². The molecule has 1 aromatic rings. The van der Waals surface area contributed by atoms with Crippen LogP contribution in [0.1, 0.15) is 17.3 Å². The van der Waals surface area contributed by atoms with Crippen molar-refractivity contribution in [3.8, 4) is 0 Å². The van der Waals surface area contributed by atoms with Crippen molar-refractivity contribution >= 4 is 24.2 Å².